The van der Waals surface area contributed by atoms with E-state index in [1.807, 2.05) is 0 Å². The van der Waals surface area contributed by atoms with Gasteiger partial charge in [0.15, 0.2) is 5.82 Å². The lowest BCUT2D eigenvalue weighted by Gasteiger charge is -1.99. The van der Waals surface area contributed by atoms with Crippen molar-refractivity contribution < 1.29 is 4.79 Å². The molecule has 1 fully saturated rings. The summed E-state index contributed by atoms with van der Waals surface area (Å²) in [4.78, 5) is 11.3. The zero-order valence-corrected chi connectivity index (χ0v) is 7.32. The molecule has 2 atom stereocenters. The number of aromatic amines is 1. The lowest BCUT2D eigenvalue weighted by atomic mass is 10.3. The predicted molar refractivity (Wildman–Crippen MR) is 43.3 cm³/mol. The third-order valence-electron chi connectivity index (χ3n) is 2.26. The summed E-state index contributed by atoms with van der Waals surface area (Å²) in [5, 5.41) is 15.9. The van der Waals surface area contributed by atoms with Crippen molar-refractivity contribution in [2.24, 2.45) is 11.8 Å². The SMILES string of the molecule is C[C@@H]1C[C@H]1C(=O)NCc1nn[nH]n1. The van der Waals surface area contributed by atoms with Crippen molar-refractivity contribution in [2.45, 2.75) is 19.9 Å². The monoisotopic (exact) mass is 181 g/mol. The second-order valence-corrected chi connectivity index (χ2v) is 3.37. The minimum Gasteiger partial charge on any atom is -0.348 e. The Labute approximate surface area is 75.1 Å². The Morgan fingerprint density at radius 2 is 2.54 bits per heavy atom. The minimum absolute atomic E-state index is 0.0947. The Kier molecular flexibility index (Phi) is 1.96. The van der Waals surface area contributed by atoms with E-state index < -0.39 is 0 Å². The first kappa shape index (κ1) is 8.15. The number of H-pyrrole nitrogens is 1. The Bertz CT molecular complexity index is 296. The first-order valence-electron chi connectivity index (χ1n) is 4.27. The molecule has 1 amide bonds. The van der Waals surface area contributed by atoms with Crippen molar-refractivity contribution in [2.75, 3.05) is 0 Å². The molecule has 1 heterocycles. The van der Waals surface area contributed by atoms with E-state index in [1.165, 1.54) is 0 Å². The lowest BCUT2D eigenvalue weighted by molar-refractivity contribution is -0.122. The standard InChI is InChI=1S/C7H11N5O/c1-4-2-5(4)7(13)8-3-6-9-11-12-10-6/h4-5H,2-3H2,1H3,(H,8,13)(H,9,10,11,12)/t4-,5-/m1/s1. The van der Waals surface area contributed by atoms with E-state index in [2.05, 4.69) is 32.9 Å². The molecule has 13 heavy (non-hydrogen) atoms. The lowest BCUT2D eigenvalue weighted by Crippen LogP contribution is -2.25. The van der Waals surface area contributed by atoms with Gasteiger partial charge < -0.3 is 5.32 Å². The molecule has 0 bridgehead atoms. The number of hydrogen-bond acceptors (Lipinski definition) is 4. The summed E-state index contributed by atoms with van der Waals surface area (Å²) in [6, 6.07) is 0. The van der Waals surface area contributed by atoms with Gasteiger partial charge >= 0.3 is 0 Å². The molecule has 70 valence electrons. The Hall–Kier alpha value is -1.46. The van der Waals surface area contributed by atoms with Crippen molar-refractivity contribution in [3.05, 3.63) is 5.82 Å². The van der Waals surface area contributed by atoms with Crippen LogP contribution >= 0.6 is 0 Å². The smallest absolute Gasteiger partial charge is 0.223 e. The van der Waals surface area contributed by atoms with Crippen molar-refractivity contribution >= 4 is 5.91 Å². The topological polar surface area (TPSA) is 83.6 Å². The van der Waals surface area contributed by atoms with E-state index in [0.717, 1.165) is 6.42 Å². The summed E-state index contributed by atoms with van der Waals surface area (Å²) in [6.07, 6.45) is 0.998. The Morgan fingerprint density at radius 3 is 3.08 bits per heavy atom. The summed E-state index contributed by atoms with van der Waals surface area (Å²) in [7, 11) is 0. The Balaban J connectivity index is 1.77. The quantitative estimate of drug-likeness (QED) is 0.656. The molecule has 1 aromatic rings. The molecule has 0 radical (unpaired) electrons. The van der Waals surface area contributed by atoms with Crippen LogP contribution in [-0.4, -0.2) is 26.5 Å². The molecule has 2 rings (SSSR count). The molecule has 1 aliphatic carbocycles. The van der Waals surface area contributed by atoms with Crippen LogP contribution in [0.5, 0.6) is 0 Å². The average molecular weight is 181 g/mol. The highest BCUT2D eigenvalue weighted by Gasteiger charge is 2.38. The van der Waals surface area contributed by atoms with Crippen molar-refractivity contribution in [1.29, 1.82) is 0 Å². The first-order chi connectivity index (χ1) is 6.27. The van der Waals surface area contributed by atoms with Crippen molar-refractivity contribution in [3.8, 4) is 0 Å². The molecule has 1 aromatic heterocycles. The largest absolute Gasteiger partial charge is 0.348 e. The fraction of sp³-hybridized carbons (Fsp3) is 0.714. The molecular weight excluding hydrogens is 170 g/mol. The van der Waals surface area contributed by atoms with E-state index in [-0.39, 0.29) is 11.8 Å². The minimum atomic E-state index is 0.0947. The predicted octanol–water partition coefficient (Wildman–Crippen LogP) is -0.528. The van der Waals surface area contributed by atoms with E-state index in [0.29, 0.717) is 18.3 Å². The number of hydrogen-bond donors (Lipinski definition) is 2. The van der Waals surface area contributed by atoms with E-state index in [4.69, 9.17) is 0 Å². The number of nitrogens with zero attached hydrogens (tertiary/aromatic N) is 3. The molecule has 0 saturated heterocycles. The Morgan fingerprint density at radius 1 is 1.77 bits per heavy atom. The molecule has 0 aromatic carbocycles. The van der Waals surface area contributed by atoms with Gasteiger partial charge in [-0.25, -0.2) is 0 Å². The van der Waals surface area contributed by atoms with Crippen LogP contribution in [0.4, 0.5) is 0 Å². The van der Waals surface area contributed by atoms with E-state index in [1.54, 1.807) is 0 Å². The van der Waals surface area contributed by atoms with Gasteiger partial charge in [-0.15, -0.1) is 10.2 Å². The van der Waals surface area contributed by atoms with Crippen LogP contribution in [0.3, 0.4) is 0 Å². The summed E-state index contributed by atoms with van der Waals surface area (Å²) < 4.78 is 0. The molecule has 6 nitrogen and oxygen atoms in total. The summed E-state index contributed by atoms with van der Waals surface area (Å²) >= 11 is 0. The maximum atomic E-state index is 11.3. The molecule has 0 spiro atoms. The molecule has 0 aliphatic heterocycles. The number of amides is 1. The van der Waals surface area contributed by atoms with Crippen LogP contribution in [0.2, 0.25) is 0 Å². The van der Waals surface area contributed by atoms with Crippen molar-refractivity contribution in [1.82, 2.24) is 25.9 Å². The fourth-order valence-corrected chi connectivity index (χ4v) is 1.24. The molecule has 2 N–H and O–H groups in total. The van der Waals surface area contributed by atoms with E-state index >= 15 is 0 Å². The molecular formula is C7H11N5O. The van der Waals surface area contributed by atoms with E-state index in [9.17, 15) is 4.79 Å². The normalized spacial score (nSPS) is 25.6. The van der Waals surface area contributed by atoms with Gasteiger partial charge in [-0.1, -0.05) is 12.1 Å². The highest BCUT2D eigenvalue weighted by Crippen LogP contribution is 2.37. The molecule has 1 saturated carbocycles. The van der Waals surface area contributed by atoms with Crippen LogP contribution in [0.1, 0.15) is 19.2 Å². The van der Waals surface area contributed by atoms with Crippen LogP contribution < -0.4 is 5.32 Å². The maximum absolute atomic E-state index is 11.3. The molecule has 0 unspecified atom stereocenters. The van der Waals surface area contributed by atoms with Crippen molar-refractivity contribution in [3.63, 3.8) is 0 Å². The second kappa shape index (κ2) is 3.12. The zero-order chi connectivity index (χ0) is 9.26. The summed E-state index contributed by atoms with van der Waals surface area (Å²) in [6.45, 7) is 2.43. The van der Waals surface area contributed by atoms with Crippen LogP contribution in [0, 0.1) is 11.8 Å². The summed E-state index contributed by atoms with van der Waals surface area (Å²) in [5.74, 6) is 1.34. The van der Waals surface area contributed by atoms with Gasteiger partial charge in [0.2, 0.25) is 5.91 Å². The van der Waals surface area contributed by atoms with Gasteiger partial charge in [0.1, 0.15) is 0 Å². The number of carbonyl (C=O) groups is 1. The number of rotatable bonds is 3. The van der Waals surface area contributed by atoms with Gasteiger partial charge in [0.05, 0.1) is 6.54 Å². The molecule has 1 aliphatic rings. The number of aromatic nitrogens is 4. The third kappa shape index (κ3) is 1.82. The highest BCUT2D eigenvalue weighted by molar-refractivity contribution is 5.81. The summed E-state index contributed by atoms with van der Waals surface area (Å²) in [5.41, 5.74) is 0. The first-order valence-corrected chi connectivity index (χ1v) is 4.27. The van der Waals surface area contributed by atoms with Crippen LogP contribution in [-0.2, 0) is 11.3 Å². The third-order valence-corrected chi connectivity index (χ3v) is 2.26. The van der Waals surface area contributed by atoms with Gasteiger partial charge in [0.25, 0.3) is 0 Å². The van der Waals surface area contributed by atoms with Gasteiger partial charge in [-0.2, -0.15) is 5.21 Å². The van der Waals surface area contributed by atoms with Crippen LogP contribution in [0.15, 0.2) is 0 Å². The van der Waals surface area contributed by atoms with Gasteiger partial charge in [0, 0.05) is 5.92 Å². The zero-order valence-electron chi connectivity index (χ0n) is 7.32. The second-order valence-electron chi connectivity index (χ2n) is 3.37. The fourth-order valence-electron chi connectivity index (χ4n) is 1.24. The number of nitrogens with one attached hydrogen (secondary N) is 2. The maximum Gasteiger partial charge on any atom is 0.223 e. The highest BCUT2D eigenvalue weighted by atomic mass is 16.2. The molecule has 6 heteroatoms. The van der Waals surface area contributed by atoms with Gasteiger partial charge in [-0.05, 0) is 12.3 Å². The number of carbonyl (C=O) groups excluding carboxylic acids is 1. The number of tetrazole rings is 1. The average Bonchev–Trinajstić information content (AvgIpc) is 2.68. The van der Waals surface area contributed by atoms with Gasteiger partial charge in [-0.3, -0.25) is 4.79 Å². The van der Waals surface area contributed by atoms with Crippen LogP contribution in [0.25, 0.3) is 0 Å².